The third-order valence-corrected chi connectivity index (χ3v) is 6.76. The van der Waals surface area contributed by atoms with E-state index in [1.807, 2.05) is 30.5 Å². The summed E-state index contributed by atoms with van der Waals surface area (Å²) in [6, 6.07) is 14.1. The molecule has 33 heavy (non-hydrogen) atoms. The number of hydrogen-bond donors (Lipinski definition) is 4. The van der Waals surface area contributed by atoms with Gasteiger partial charge >= 0.3 is 0 Å². The fourth-order valence-corrected chi connectivity index (χ4v) is 4.90. The molecule has 1 unspecified atom stereocenters. The predicted octanol–water partition coefficient (Wildman–Crippen LogP) is 5.12. The van der Waals surface area contributed by atoms with E-state index < -0.39 is 0 Å². The summed E-state index contributed by atoms with van der Waals surface area (Å²) in [5, 5.41) is 6.88. The highest BCUT2D eigenvalue weighted by Crippen LogP contribution is 2.30. The monoisotopic (exact) mass is 442 g/mol. The standard InChI is InChI=1S/C26H27FN6/c27-20-13-18(9-10-19(20)24-15-31-26(33-24)22-4-2-12-29-22)16-5-7-17(8-6-16)23-14-30-25(32-23)21-3-1-11-28-21/h5-10,13-15,21-22,28-29H,1-4,11-12H2,(H,30,32)(H,31,33)/t21-,22?/m0/s1. The minimum atomic E-state index is -0.256. The highest BCUT2D eigenvalue weighted by Gasteiger charge is 2.21. The average molecular weight is 443 g/mol. The van der Waals surface area contributed by atoms with E-state index in [0.29, 0.717) is 17.3 Å². The quantitative estimate of drug-likeness (QED) is 0.346. The molecule has 0 amide bonds. The minimum absolute atomic E-state index is 0.236. The van der Waals surface area contributed by atoms with Crippen molar-refractivity contribution in [1.82, 2.24) is 30.6 Å². The van der Waals surface area contributed by atoms with Gasteiger partial charge in [-0.1, -0.05) is 30.3 Å². The first kappa shape index (κ1) is 20.3. The van der Waals surface area contributed by atoms with Crippen LogP contribution >= 0.6 is 0 Å². The highest BCUT2D eigenvalue weighted by atomic mass is 19.1. The molecule has 2 aromatic heterocycles. The fraction of sp³-hybridized carbons (Fsp3) is 0.308. The van der Waals surface area contributed by atoms with Crippen LogP contribution in [0.5, 0.6) is 0 Å². The number of H-pyrrole nitrogens is 2. The number of nitrogens with one attached hydrogen (secondary N) is 4. The maximum absolute atomic E-state index is 15.0. The van der Waals surface area contributed by atoms with Crippen molar-refractivity contribution >= 4 is 0 Å². The van der Waals surface area contributed by atoms with Crippen LogP contribution in [0, 0.1) is 5.82 Å². The van der Waals surface area contributed by atoms with E-state index in [4.69, 9.17) is 0 Å². The third-order valence-electron chi connectivity index (χ3n) is 6.76. The molecule has 168 valence electrons. The van der Waals surface area contributed by atoms with Gasteiger partial charge in [0.15, 0.2) is 0 Å². The summed E-state index contributed by atoms with van der Waals surface area (Å²) in [5.74, 6) is 1.62. The molecule has 4 heterocycles. The van der Waals surface area contributed by atoms with Crippen molar-refractivity contribution in [2.45, 2.75) is 37.8 Å². The van der Waals surface area contributed by atoms with Crippen LogP contribution in [0.1, 0.15) is 49.4 Å². The molecule has 0 bridgehead atoms. The number of nitrogens with zero attached hydrogens (tertiary/aromatic N) is 2. The average Bonchev–Trinajstić information content (AvgIpc) is 3.64. The zero-order valence-corrected chi connectivity index (χ0v) is 18.4. The van der Waals surface area contributed by atoms with Gasteiger partial charge in [0.2, 0.25) is 0 Å². The van der Waals surface area contributed by atoms with Crippen molar-refractivity contribution in [2.24, 2.45) is 0 Å². The normalized spacial score (nSPS) is 20.5. The van der Waals surface area contributed by atoms with Crippen LogP contribution in [0.3, 0.4) is 0 Å². The molecule has 2 aliphatic rings. The Hall–Kier alpha value is -3.29. The van der Waals surface area contributed by atoms with E-state index in [2.05, 4.69) is 42.7 Å². The van der Waals surface area contributed by atoms with Gasteiger partial charge in [0.05, 0.1) is 35.9 Å². The van der Waals surface area contributed by atoms with Gasteiger partial charge in [-0.3, -0.25) is 0 Å². The molecule has 2 aromatic carbocycles. The van der Waals surface area contributed by atoms with Gasteiger partial charge in [0.25, 0.3) is 0 Å². The van der Waals surface area contributed by atoms with Gasteiger partial charge in [-0.2, -0.15) is 0 Å². The first-order chi connectivity index (χ1) is 16.2. The van der Waals surface area contributed by atoms with Crippen molar-refractivity contribution in [3.05, 3.63) is 72.3 Å². The molecule has 2 atom stereocenters. The van der Waals surface area contributed by atoms with E-state index in [0.717, 1.165) is 66.4 Å². The van der Waals surface area contributed by atoms with E-state index in [1.54, 1.807) is 12.3 Å². The molecule has 0 saturated carbocycles. The number of aromatic amines is 2. The molecule has 4 aromatic rings. The van der Waals surface area contributed by atoms with Crippen molar-refractivity contribution in [1.29, 1.82) is 0 Å². The maximum Gasteiger partial charge on any atom is 0.133 e. The SMILES string of the molecule is Fc1cc(-c2ccc(-c3cnc([C@@H]4CCCN4)[nH]3)cc2)ccc1-c1cnc(C2CCCN2)[nH]1. The Morgan fingerprint density at radius 1 is 0.697 bits per heavy atom. The van der Waals surface area contributed by atoms with Gasteiger partial charge < -0.3 is 20.6 Å². The second kappa shape index (κ2) is 8.57. The third kappa shape index (κ3) is 3.98. The predicted molar refractivity (Wildman–Crippen MR) is 127 cm³/mol. The summed E-state index contributed by atoms with van der Waals surface area (Å²) in [5.41, 5.74) is 5.14. The molecule has 6 rings (SSSR count). The van der Waals surface area contributed by atoms with Crippen LogP contribution in [0.25, 0.3) is 33.6 Å². The second-order valence-corrected chi connectivity index (χ2v) is 8.93. The molecule has 2 saturated heterocycles. The lowest BCUT2D eigenvalue weighted by molar-refractivity contribution is 0.612. The molecular formula is C26H27FN6. The van der Waals surface area contributed by atoms with E-state index in [9.17, 15) is 0 Å². The molecule has 2 fully saturated rings. The fourth-order valence-electron chi connectivity index (χ4n) is 4.90. The minimum Gasteiger partial charge on any atom is -0.341 e. The van der Waals surface area contributed by atoms with Crippen molar-refractivity contribution < 1.29 is 4.39 Å². The van der Waals surface area contributed by atoms with Crippen LogP contribution in [-0.4, -0.2) is 33.0 Å². The van der Waals surface area contributed by atoms with Crippen LogP contribution in [0.2, 0.25) is 0 Å². The van der Waals surface area contributed by atoms with E-state index in [-0.39, 0.29) is 11.9 Å². The lowest BCUT2D eigenvalue weighted by atomic mass is 10.0. The second-order valence-electron chi connectivity index (χ2n) is 8.93. The molecule has 6 nitrogen and oxygen atoms in total. The Kier molecular flexibility index (Phi) is 5.28. The Labute approximate surface area is 192 Å². The van der Waals surface area contributed by atoms with Gasteiger partial charge in [0.1, 0.15) is 17.5 Å². The smallest absolute Gasteiger partial charge is 0.133 e. The van der Waals surface area contributed by atoms with E-state index in [1.165, 1.54) is 6.42 Å². The van der Waals surface area contributed by atoms with Gasteiger partial charge in [-0.15, -0.1) is 0 Å². The summed E-state index contributed by atoms with van der Waals surface area (Å²) in [6.07, 6.45) is 8.11. The largest absolute Gasteiger partial charge is 0.341 e. The highest BCUT2D eigenvalue weighted by molar-refractivity contribution is 5.72. The number of halogens is 1. The van der Waals surface area contributed by atoms with Crippen LogP contribution < -0.4 is 10.6 Å². The summed E-state index contributed by atoms with van der Waals surface area (Å²) in [6.45, 7) is 2.05. The van der Waals surface area contributed by atoms with Crippen molar-refractivity contribution in [3.63, 3.8) is 0 Å². The number of imidazole rings is 2. The van der Waals surface area contributed by atoms with Crippen LogP contribution in [-0.2, 0) is 0 Å². The first-order valence-corrected chi connectivity index (χ1v) is 11.7. The Morgan fingerprint density at radius 2 is 1.27 bits per heavy atom. The first-order valence-electron chi connectivity index (χ1n) is 11.7. The Balaban J connectivity index is 1.20. The number of hydrogen-bond acceptors (Lipinski definition) is 4. The lowest BCUT2D eigenvalue weighted by Crippen LogP contribution is -2.14. The molecule has 2 aliphatic heterocycles. The summed E-state index contributed by atoms with van der Waals surface area (Å²) < 4.78 is 15.0. The number of rotatable bonds is 5. The molecule has 0 radical (unpaired) electrons. The van der Waals surface area contributed by atoms with Crippen LogP contribution in [0.15, 0.2) is 54.9 Å². The van der Waals surface area contributed by atoms with Gasteiger partial charge in [-0.05, 0) is 67.6 Å². The Morgan fingerprint density at radius 3 is 1.88 bits per heavy atom. The molecule has 4 N–H and O–H groups in total. The van der Waals surface area contributed by atoms with Crippen molar-refractivity contribution in [3.8, 4) is 33.6 Å². The lowest BCUT2D eigenvalue weighted by Gasteiger charge is -2.08. The summed E-state index contributed by atoms with van der Waals surface area (Å²) >= 11 is 0. The topological polar surface area (TPSA) is 81.4 Å². The molecule has 7 heteroatoms. The van der Waals surface area contributed by atoms with E-state index >= 15 is 4.39 Å². The molecule has 0 aliphatic carbocycles. The zero-order chi connectivity index (χ0) is 22.2. The van der Waals surface area contributed by atoms with Crippen LogP contribution in [0.4, 0.5) is 4.39 Å². The molecular weight excluding hydrogens is 415 g/mol. The molecule has 0 spiro atoms. The number of aromatic nitrogens is 4. The summed E-state index contributed by atoms with van der Waals surface area (Å²) in [4.78, 5) is 15.7. The van der Waals surface area contributed by atoms with Gasteiger partial charge in [0, 0.05) is 5.56 Å². The Bertz CT molecular complexity index is 1250. The maximum atomic E-state index is 15.0. The van der Waals surface area contributed by atoms with Gasteiger partial charge in [-0.25, -0.2) is 14.4 Å². The number of benzene rings is 2. The summed E-state index contributed by atoms with van der Waals surface area (Å²) in [7, 11) is 0. The zero-order valence-electron chi connectivity index (χ0n) is 18.4. The van der Waals surface area contributed by atoms with Crippen molar-refractivity contribution in [2.75, 3.05) is 13.1 Å².